The zero-order valence-electron chi connectivity index (χ0n) is 21.9. The molecule has 0 saturated carbocycles. The third kappa shape index (κ3) is 6.07. The molecule has 1 N–H and O–H groups in total. The van der Waals surface area contributed by atoms with Crippen LogP contribution in [-0.2, 0) is 39.4 Å². The maximum Gasteiger partial charge on any atom is 0.417 e. The topological polar surface area (TPSA) is 121 Å². The van der Waals surface area contributed by atoms with E-state index >= 15 is 0 Å². The van der Waals surface area contributed by atoms with Crippen molar-refractivity contribution in [3.05, 3.63) is 47.7 Å². The molecule has 14 heteroatoms. The van der Waals surface area contributed by atoms with Crippen molar-refractivity contribution >= 4 is 21.3 Å². The van der Waals surface area contributed by atoms with Gasteiger partial charge in [-0.25, -0.2) is 9.97 Å². The zero-order valence-corrected chi connectivity index (χ0v) is 22.8. The van der Waals surface area contributed by atoms with Crippen molar-refractivity contribution in [2.45, 2.75) is 38.2 Å². The van der Waals surface area contributed by atoms with Crippen molar-refractivity contribution in [1.82, 2.24) is 24.3 Å². The van der Waals surface area contributed by atoms with Crippen LogP contribution in [0.15, 0.2) is 36.4 Å². The number of nitrogens with zero attached hydrogens (tertiary/aromatic N) is 5. The highest BCUT2D eigenvalue weighted by Gasteiger charge is 2.34. The number of methoxy groups -OCH3 is 1. The van der Waals surface area contributed by atoms with Crippen LogP contribution in [0.5, 0.6) is 5.75 Å². The molecule has 4 aromatic rings. The number of imidazole rings is 1. The van der Waals surface area contributed by atoms with Crippen molar-refractivity contribution in [3.63, 3.8) is 0 Å². The molecule has 1 aromatic carbocycles. The Hall–Kier alpha value is -3.49. The minimum absolute atomic E-state index is 0.00222. The number of benzene rings is 1. The van der Waals surface area contributed by atoms with Gasteiger partial charge in [-0.2, -0.15) is 26.7 Å². The van der Waals surface area contributed by atoms with Crippen molar-refractivity contribution in [3.8, 4) is 28.5 Å². The Labute approximate surface area is 223 Å². The normalized spacial score (nSPS) is 12.8. The maximum absolute atomic E-state index is 13.8. The molecule has 0 aliphatic heterocycles. The van der Waals surface area contributed by atoms with E-state index in [1.807, 2.05) is 20.8 Å². The highest BCUT2D eigenvalue weighted by Crippen LogP contribution is 2.40. The molecule has 0 aliphatic rings. The highest BCUT2D eigenvalue weighted by atomic mass is 32.2. The fourth-order valence-corrected chi connectivity index (χ4v) is 4.64. The van der Waals surface area contributed by atoms with Crippen molar-refractivity contribution in [2.75, 3.05) is 20.3 Å². The monoisotopic (exact) mass is 567 g/mol. The number of hydrogen-bond acceptors (Lipinski definition) is 7. The maximum atomic E-state index is 13.8. The van der Waals surface area contributed by atoms with E-state index in [-0.39, 0.29) is 52.6 Å². The summed E-state index contributed by atoms with van der Waals surface area (Å²) in [7, 11) is -1.50. The quantitative estimate of drug-likeness (QED) is 0.241. The largest absolute Gasteiger partial charge is 0.489 e. The van der Waals surface area contributed by atoms with Gasteiger partial charge in [-0.1, -0.05) is 39.0 Å². The Morgan fingerprint density at radius 2 is 1.74 bits per heavy atom. The van der Waals surface area contributed by atoms with E-state index < -0.39 is 27.7 Å². The van der Waals surface area contributed by atoms with E-state index in [2.05, 4.69) is 15.1 Å². The molecule has 0 radical (unpaired) electrons. The Bertz CT molecular complexity index is 1620. The lowest BCUT2D eigenvalue weighted by atomic mass is 9.92. The van der Waals surface area contributed by atoms with Gasteiger partial charge in [0.1, 0.15) is 23.6 Å². The lowest BCUT2D eigenvalue weighted by Gasteiger charge is -2.15. The number of fused-ring (bicyclic) bond motifs is 1. The minimum atomic E-state index is -4.65. The smallest absolute Gasteiger partial charge is 0.417 e. The molecule has 0 spiro atoms. The number of rotatable bonds is 8. The zero-order chi connectivity index (χ0) is 28.8. The third-order valence-electron chi connectivity index (χ3n) is 5.90. The van der Waals surface area contributed by atoms with Gasteiger partial charge < -0.3 is 14.0 Å². The predicted molar refractivity (Wildman–Crippen MR) is 138 cm³/mol. The number of aromatic nitrogens is 5. The van der Waals surface area contributed by atoms with Gasteiger partial charge in [-0.15, -0.1) is 0 Å². The average molecular weight is 568 g/mol. The summed E-state index contributed by atoms with van der Waals surface area (Å²) in [4.78, 5) is 8.89. The van der Waals surface area contributed by atoms with Crippen LogP contribution in [0.3, 0.4) is 0 Å². The van der Waals surface area contributed by atoms with E-state index in [9.17, 15) is 26.1 Å². The van der Waals surface area contributed by atoms with Crippen LogP contribution in [0.4, 0.5) is 13.2 Å². The first-order chi connectivity index (χ1) is 18.1. The number of hydrogen-bond donors (Lipinski definition) is 1. The first kappa shape index (κ1) is 28.5. The average Bonchev–Trinajstić information content (AvgIpc) is 3.38. The second kappa shape index (κ2) is 10.2. The van der Waals surface area contributed by atoms with Gasteiger partial charge in [0.15, 0.2) is 17.3 Å². The Kier molecular flexibility index (Phi) is 7.49. The summed E-state index contributed by atoms with van der Waals surface area (Å²) < 4.78 is 88.9. The van der Waals surface area contributed by atoms with Gasteiger partial charge in [0.25, 0.3) is 10.1 Å². The fraction of sp³-hybridized carbons (Fsp3) is 0.400. The second-order valence-corrected chi connectivity index (χ2v) is 11.3. The van der Waals surface area contributed by atoms with Crippen LogP contribution in [0.2, 0.25) is 0 Å². The van der Waals surface area contributed by atoms with E-state index in [4.69, 9.17) is 9.47 Å². The molecule has 0 unspecified atom stereocenters. The molecule has 3 heterocycles. The Morgan fingerprint density at radius 3 is 2.33 bits per heavy atom. The van der Waals surface area contributed by atoms with Gasteiger partial charge in [0.05, 0.1) is 23.6 Å². The number of alkyl halides is 3. The van der Waals surface area contributed by atoms with Gasteiger partial charge in [0.2, 0.25) is 0 Å². The summed E-state index contributed by atoms with van der Waals surface area (Å²) in [5, 5.41) is 4.51. The number of halogens is 3. The van der Waals surface area contributed by atoms with Crippen LogP contribution in [0.1, 0.15) is 32.0 Å². The van der Waals surface area contributed by atoms with Crippen LogP contribution in [-0.4, -0.2) is 57.6 Å². The summed E-state index contributed by atoms with van der Waals surface area (Å²) in [5.74, 6) is -0.807. The molecule has 4 rings (SSSR count). The van der Waals surface area contributed by atoms with Crippen molar-refractivity contribution in [1.29, 1.82) is 0 Å². The Balaban J connectivity index is 2.05. The van der Waals surface area contributed by atoms with E-state index in [0.717, 1.165) is 6.07 Å². The molecule has 0 fully saturated rings. The van der Waals surface area contributed by atoms with Crippen molar-refractivity contribution < 1.29 is 35.6 Å². The first-order valence-electron chi connectivity index (χ1n) is 11.8. The summed E-state index contributed by atoms with van der Waals surface area (Å²) in [6.07, 6.45) is -4.65. The summed E-state index contributed by atoms with van der Waals surface area (Å²) in [6.45, 7) is 6.01. The lowest BCUT2D eigenvalue weighted by molar-refractivity contribution is -0.137. The van der Waals surface area contributed by atoms with Crippen LogP contribution >= 0.6 is 0 Å². The van der Waals surface area contributed by atoms with Crippen LogP contribution < -0.4 is 4.74 Å². The predicted octanol–water partition coefficient (Wildman–Crippen LogP) is 4.69. The van der Waals surface area contributed by atoms with Gasteiger partial charge >= 0.3 is 6.18 Å². The van der Waals surface area contributed by atoms with Gasteiger partial charge in [0, 0.05) is 31.2 Å². The summed E-state index contributed by atoms with van der Waals surface area (Å²) in [6, 6.07) is 7.97. The van der Waals surface area contributed by atoms with E-state index in [0.29, 0.717) is 11.4 Å². The molecule has 10 nitrogen and oxygen atoms in total. The standard InChI is InChI=1S/C25H28F3N5O5S/c1-24(2,3)20-13-18(32(4)31-20)23-30-22-21(33(23)14-39(34,35)36)19(38-11-10-37-5)12-17(29-22)15-8-6-7-9-16(15)25(26,27)28/h6-9,12-13H,10-11,14H2,1-5H3,(H,34,35,36). The molecule has 0 aliphatic carbocycles. The van der Waals surface area contributed by atoms with Crippen LogP contribution in [0, 0.1) is 0 Å². The van der Waals surface area contributed by atoms with E-state index in [1.165, 1.54) is 40.6 Å². The minimum Gasteiger partial charge on any atom is -0.489 e. The molecule has 0 bridgehead atoms. The SMILES string of the molecule is COCCOc1cc(-c2ccccc2C(F)(F)F)nc2nc(-c3cc(C(C)(C)C)nn3C)n(CS(=O)(=O)O)c12. The lowest BCUT2D eigenvalue weighted by Crippen LogP contribution is -2.13. The third-order valence-corrected chi connectivity index (χ3v) is 6.48. The fourth-order valence-electron chi connectivity index (χ4n) is 4.06. The number of aryl methyl sites for hydroxylation is 1. The highest BCUT2D eigenvalue weighted by molar-refractivity contribution is 7.84. The molecule has 210 valence electrons. The van der Waals surface area contributed by atoms with Crippen LogP contribution in [0.25, 0.3) is 33.9 Å². The molecule has 0 atom stereocenters. The Morgan fingerprint density at radius 1 is 1.05 bits per heavy atom. The number of ether oxygens (including phenoxy) is 2. The molecule has 0 amide bonds. The second-order valence-electron chi connectivity index (χ2n) is 9.93. The first-order valence-corrected chi connectivity index (χ1v) is 13.4. The molecule has 3 aromatic heterocycles. The summed E-state index contributed by atoms with van der Waals surface area (Å²) >= 11 is 0. The molecular formula is C25H28F3N5O5S. The van der Waals surface area contributed by atoms with Gasteiger partial charge in [-0.05, 0) is 12.1 Å². The van der Waals surface area contributed by atoms with Gasteiger partial charge in [-0.3, -0.25) is 9.23 Å². The molecular weight excluding hydrogens is 539 g/mol. The van der Waals surface area contributed by atoms with Crippen molar-refractivity contribution in [2.24, 2.45) is 7.05 Å². The molecule has 0 saturated heterocycles. The summed E-state index contributed by atoms with van der Waals surface area (Å²) in [5.41, 5.74) is -0.442. The molecule has 39 heavy (non-hydrogen) atoms. The van der Waals surface area contributed by atoms with E-state index in [1.54, 1.807) is 13.1 Å². The number of pyridine rings is 1.